The third-order valence-electron chi connectivity index (χ3n) is 3.93. The molecule has 0 aliphatic rings. The molecule has 0 unspecified atom stereocenters. The van der Waals surface area contributed by atoms with Gasteiger partial charge >= 0.3 is 5.97 Å². The number of benzene rings is 1. The van der Waals surface area contributed by atoms with E-state index in [1.54, 1.807) is 16.1 Å². The maximum Gasteiger partial charge on any atom is 0.350 e. The summed E-state index contributed by atoms with van der Waals surface area (Å²) in [5.41, 5.74) is 4.61. The van der Waals surface area contributed by atoms with Gasteiger partial charge in [-0.05, 0) is 53.8 Å². The van der Waals surface area contributed by atoms with Crippen LogP contribution in [-0.2, 0) is 9.53 Å². The van der Waals surface area contributed by atoms with E-state index >= 15 is 0 Å². The quantitative estimate of drug-likeness (QED) is 0.486. The molecule has 0 aliphatic heterocycles. The summed E-state index contributed by atoms with van der Waals surface area (Å²) < 4.78 is 6.36. The first-order valence-electron chi connectivity index (χ1n) is 8.35. The Morgan fingerprint density at radius 3 is 2.64 bits per heavy atom. The minimum Gasteiger partial charge on any atom is -0.465 e. The highest BCUT2D eigenvalue weighted by molar-refractivity contribution is 7.99. The number of anilines is 1. The van der Waals surface area contributed by atoms with Gasteiger partial charge in [0.05, 0.1) is 24.2 Å². The molecular formula is C18H19N5O3S2. The predicted octanol–water partition coefficient (Wildman–Crippen LogP) is 3.17. The van der Waals surface area contributed by atoms with Gasteiger partial charge in [0.15, 0.2) is 0 Å². The van der Waals surface area contributed by atoms with Gasteiger partial charge in [-0.3, -0.25) is 4.79 Å². The summed E-state index contributed by atoms with van der Waals surface area (Å²) in [6.45, 7) is 6.04. The average Bonchev–Trinajstić information content (AvgIpc) is 3.28. The lowest BCUT2D eigenvalue weighted by atomic mass is 10.1. The van der Waals surface area contributed by atoms with E-state index in [9.17, 15) is 9.59 Å². The van der Waals surface area contributed by atoms with E-state index in [0.717, 1.165) is 22.4 Å². The maximum atomic E-state index is 12.3. The molecule has 2 aromatic heterocycles. The summed E-state index contributed by atoms with van der Waals surface area (Å²) in [5, 5.41) is 16.8. The highest BCUT2D eigenvalue weighted by Gasteiger charge is 2.18. The summed E-state index contributed by atoms with van der Waals surface area (Å²) in [4.78, 5) is 24.4. The van der Waals surface area contributed by atoms with E-state index in [1.165, 1.54) is 30.2 Å². The van der Waals surface area contributed by atoms with Gasteiger partial charge in [-0.15, -0.1) is 16.4 Å². The van der Waals surface area contributed by atoms with Crippen molar-refractivity contribution in [3.05, 3.63) is 45.1 Å². The number of hydrogen-bond donors (Lipinski definition) is 1. The molecule has 0 atom stereocenters. The summed E-state index contributed by atoms with van der Waals surface area (Å²) in [7, 11) is 1.30. The Kier molecular flexibility index (Phi) is 6.10. The van der Waals surface area contributed by atoms with Gasteiger partial charge < -0.3 is 10.1 Å². The van der Waals surface area contributed by atoms with Crippen LogP contribution in [0.2, 0.25) is 0 Å². The summed E-state index contributed by atoms with van der Waals surface area (Å²) in [6, 6.07) is 5.80. The van der Waals surface area contributed by atoms with E-state index in [1.807, 2.05) is 20.8 Å². The fourth-order valence-electron chi connectivity index (χ4n) is 2.89. The fraction of sp³-hybridized carbons (Fsp3) is 0.278. The number of methoxy groups -OCH3 is 1. The minimum absolute atomic E-state index is 0.0980. The van der Waals surface area contributed by atoms with Gasteiger partial charge in [-0.2, -0.15) is 4.68 Å². The molecule has 0 bridgehead atoms. The van der Waals surface area contributed by atoms with Crippen LogP contribution in [0.4, 0.5) is 5.69 Å². The maximum absolute atomic E-state index is 12.3. The lowest BCUT2D eigenvalue weighted by molar-refractivity contribution is -0.113. The van der Waals surface area contributed by atoms with Crippen LogP contribution >= 0.6 is 23.1 Å². The summed E-state index contributed by atoms with van der Waals surface area (Å²) >= 11 is 2.43. The molecule has 8 nitrogen and oxygen atoms in total. The number of amides is 1. The third kappa shape index (κ3) is 4.23. The number of thioether (sulfide) groups is 1. The molecule has 2 heterocycles. The molecule has 0 spiro atoms. The van der Waals surface area contributed by atoms with Crippen molar-refractivity contribution in [2.75, 3.05) is 18.2 Å². The molecule has 3 aromatic rings. The summed E-state index contributed by atoms with van der Waals surface area (Å²) in [5.74, 6) is -0.645. The third-order valence-corrected chi connectivity index (χ3v) is 5.74. The Morgan fingerprint density at radius 1 is 1.25 bits per heavy atom. The fourth-order valence-corrected chi connectivity index (χ4v) is 4.33. The number of tetrazole rings is 1. The van der Waals surface area contributed by atoms with Crippen molar-refractivity contribution >= 4 is 40.7 Å². The van der Waals surface area contributed by atoms with E-state index in [2.05, 4.69) is 33.0 Å². The molecule has 3 rings (SSSR count). The van der Waals surface area contributed by atoms with Crippen LogP contribution in [0.5, 0.6) is 0 Å². The van der Waals surface area contributed by atoms with Crippen LogP contribution in [0.3, 0.4) is 0 Å². The number of ether oxygens (including phenoxy) is 1. The number of esters is 1. The standard InChI is InChI=1S/C18H19N5O3S2/c1-10-7-11(2)15(12(3)8-10)23-18(20-21-22-23)28-9-14(24)19-13-5-6-27-16(13)17(25)26-4/h5-8H,9H2,1-4H3,(H,19,24). The van der Waals surface area contributed by atoms with Gasteiger partial charge in [0.25, 0.3) is 0 Å². The summed E-state index contributed by atoms with van der Waals surface area (Å²) in [6.07, 6.45) is 0. The monoisotopic (exact) mass is 417 g/mol. The predicted molar refractivity (Wildman–Crippen MR) is 108 cm³/mol. The van der Waals surface area contributed by atoms with Crippen LogP contribution in [0.1, 0.15) is 26.4 Å². The van der Waals surface area contributed by atoms with Crippen molar-refractivity contribution in [1.82, 2.24) is 20.2 Å². The number of hydrogen-bond acceptors (Lipinski definition) is 8. The highest BCUT2D eigenvalue weighted by atomic mass is 32.2. The molecule has 28 heavy (non-hydrogen) atoms. The van der Waals surface area contributed by atoms with Gasteiger partial charge in [0.1, 0.15) is 4.88 Å². The van der Waals surface area contributed by atoms with Gasteiger partial charge in [0, 0.05) is 0 Å². The zero-order chi connectivity index (χ0) is 20.3. The van der Waals surface area contributed by atoms with Crippen molar-refractivity contribution in [3.63, 3.8) is 0 Å². The van der Waals surface area contributed by atoms with Crippen LogP contribution < -0.4 is 5.32 Å². The highest BCUT2D eigenvalue weighted by Crippen LogP contribution is 2.26. The van der Waals surface area contributed by atoms with E-state index in [0.29, 0.717) is 15.7 Å². The Hall–Kier alpha value is -2.72. The van der Waals surface area contributed by atoms with Crippen molar-refractivity contribution in [1.29, 1.82) is 0 Å². The number of rotatable bonds is 6. The molecule has 1 aromatic carbocycles. The first kappa shape index (κ1) is 20.0. The molecule has 0 radical (unpaired) electrons. The number of thiophene rings is 1. The molecule has 0 fully saturated rings. The van der Waals surface area contributed by atoms with Crippen LogP contribution in [0.25, 0.3) is 5.69 Å². The number of aromatic nitrogens is 4. The van der Waals surface area contributed by atoms with Crippen LogP contribution in [0.15, 0.2) is 28.7 Å². The molecule has 146 valence electrons. The Balaban J connectivity index is 1.72. The van der Waals surface area contributed by atoms with Crippen molar-refractivity contribution in [3.8, 4) is 5.69 Å². The molecule has 1 amide bonds. The largest absolute Gasteiger partial charge is 0.465 e. The number of carbonyl (C=O) groups is 2. The Morgan fingerprint density at radius 2 is 1.96 bits per heavy atom. The Bertz CT molecular complexity index is 1000. The van der Waals surface area contributed by atoms with Gasteiger partial charge in [0.2, 0.25) is 11.1 Å². The topological polar surface area (TPSA) is 99.0 Å². The zero-order valence-electron chi connectivity index (χ0n) is 15.8. The van der Waals surface area contributed by atoms with Crippen LogP contribution in [-0.4, -0.2) is 44.9 Å². The SMILES string of the molecule is COC(=O)c1sccc1NC(=O)CSc1nnnn1-c1c(C)cc(C)cc1C. The van der Waals surface area contributed by atoms with Gasteiger partial charge in [-0.25, -0.2) is 4.79 Å². The van der Waals surface area contributed by atoms with E-state index in [4.69, 9.17) is 4.74 Å². The molecule has 1 N–H and O–H groups in total. The number of nitrogens with zero attached hydrogens (tertiary/aromatic N) is 4. The molecule has 0 aliphatic carbocycles. The normalized spacial score (nSPS) is 10.7. The van der Waals surface area contributed by atoms with Crippen LogP contribution in [0, 0.1) is 20.8 Å². The first-order chi connectivity index (χ1) is 13.4. The van der Waals surface area contributed by atoms with E-state index < -0.39 is 5.97 Å². The molecular weight excluding hydrogens is 398 g/mol. The second-order valence-electron chi connectivity index (χ2n) is 6.11. The lowest BCUT2D eigenvalue weighted by Gasteiger charge is -2.12. The van der Waals surface area contributed by atoms with Crippen molar-refractivity contribution in [2.24, 2.45) is 0 Å². The second kappa shape index (κ2) is 8.53. The smallest absolute Gasteiger partial charge is 0.350 e. The number of nitrogens with one attached hydrogen (secondary N) is 1. The molecule has 10 heteroatoms. The van der Waals surface area contributed by atoms with Crippen molar-refractivity contribution in [2.45, 2.75) is 25.9 Å². The number of carbonyl (C=O) groups excluding carboxylic acids is 2. The van der Waals surface area contributed by atoms with Crippen molar-refractivity contribution < 1.29 is 14.3 Å². The molecule has 0 saturated heterocycles. The second-order valence-corrected chi connectivity index (χ2v) is 7.97. The number of aryl methyl sites for hydroxylation is 3. The minimum atomic E-state index is -0.479. The van der Waals surface area contributed by atoms with E-state index in [-0.39, 0.29) is 11.7 Å². The first-order valence-corrected chi connectivity index (χ1v) is 10.2. The average molecular weight is 418 g/mol. The lowest BCUT2D eigenvalue weighted by Crippen LogP contribution is -2.16. The zero-order valence-corrected chi connectivity index (χ0v) is 17.5. The Labute approximate surface area is 170 Å². The van der Waals surface area contributed by atoms with Gasteiger partial charge in [-0.1, -0.05) is 29.5 Å². The molecule has 0 saturated carbocycles.